The van der Waals surface area contributed by atoms with Gasteiger partial charge in [-0.15, -0.1) is 11.3 Å². The van der Waals surface area contributed by atoms with Crippen LogP contribution in [0.15, 0.2) is 18.2 Å². The largest absolute Gasteiger partial charge is 0.478 e. The fourth-order valence-electron chi connectivity index (χ4n) is 3.39. The Balaban J connectivity index is 2.12. The van der Waals surface area contributed by atoms with Crippen LogP contribution in [0.3, 0.4) is 0 Å². The molecule has 0 aliphatic heterocycles. The Kier molecular flexibility index (Phi) is 4.49. The fourth-order valence-corrected chi connectivity index (χ4v) is 4.73. The molecule has 3 nitrogen and oxygen atoms in total. The number of fused-ring (bicyclic) bond motifs is 1. The summed E-state index contributed by atoms with van der Waals surface area (Å²) in [6, 6.07) is 5.04. The first-order valence-electron chi connectivity index (χ1n) is 8.13. The van der Waals surface area contributed by atoms with Gasteiger partial charge in [0.15, 0.2) is 0 Å². The van der Waals surface area contributed by atoms with E-state index < -0.39 is 5.97 Å². The molecule has 1 aliphatic rings. The Morgan fingerprint density at radius 3 is 2.79 bits per heavy atom. The molecule has 1 aliphatic carbocycles. The van der Waals surface area contributed by atoms with E-state index in [1.807, 2.05) is 13.1 Å². The Bertz CT molecular complexity index is 795. The normalized spacial score (nSPS) is 16.0. The molecule has 0 saturated heterocycles. The van der Waals surface area contributed by atoms with E-state index in [0.29, 0.717) is 22.5 Å². The zero-order valence-electron chi connectivity index (χ0n) is 14.2. The van der Waals surface area contributed by atoms with Gasteiger partial charge in [-0.1, -0.05) is 26.0 Å². The minimum absolute atomic E-state index is 0.0880. The van der Waals surface area contributed by atoms with E-state index in [-0.39, 0.29) is 11.2 Å². The Morgan fingerprint density at radius 1 is 1.42 bits per heavy atom. The molecule has 2 N–H and O–H groups in total. The number of hydrogen-bond donors (Lipinski definition) is 2. The van der Waals surface area contributed by atoms with Crippen LogP contribution in [0.2, 0.25) is 0 Å². The number of carbonyl (C=O) groups is 1. The first-order chi connectivity index (χ1) is 11.3. The molecule has 24 heavy (non-hydrogen) atoms. The summed E-state index contributed by atoms with van der Waals surface area (Å²) in [5.41, 5.74) is 2.52. The standard InChI is InChI=1S/C19H22FNO2S/c1-19(2)7-6-15-13(9-19)16(18(22)23)17(24-15)12-5-4-11(10-21-3)8-14(12)20/h4-5,8,21H,6-7,9-10H2,1-3H3,(H,22,23). The minimum atomic E-state index is -0.959. The molecule has 0 fully saturated rings. The van der Waals surface area contributed by atoms with Crippen molar-refractivity contribution >= 4 is 17.3 Å². The summed E-state index contributed by atoms with van der Waals surface area (Å²) >= 11 is 1.44. The fraction of sp³-hybridized carbons (Fsp3) is 0.421. The number of aryl methyl sites for hydroxylation is 1. The number of thiophene rings is 1. The number of aromatic carboxylic acids is 1. The summed E-state index contributed by atoms with van der Waals surface area (Å²) < 4.78 is 14.6. The molecule has 3 rings (SSSR count). The highest BCUT2D eigenvalue weighted by Crippen LogP contribution is 2.45. The Morgan fingerprint density at radius 2 is 2.17 bits per heavy atom. The van der Waals surface area contributed by atoms with Crippen molar-refractivity contribution in [1.29, 1.82) is 0 Å². The Labute approximate surface area is 145 Å². The van der Waals surface area contributed by atoms with Crippen LogP contribution in [0.1, 0.15) is 46.6 Å². The maximum Gasteiger partial charge on any atom is 0.337 e. The molecule has 0 radical (unpaired) electrons. The van der Waals surface area contributed by atoms with E-state index in [1.165, 1.54) is 17.4 Å². The zero-order chi connectivity index (χ0) is 17.5. The molecule has 128 valence electrons. The second-order valence-electron chi connectivity index (χ2n) is 7.20. The molecular weight excluding hydrogens is 325 g/mol. The van der Waals surface area contributed by atoms with Gasteiger partial charge in [0.1, 0.15) is 5.82 Å². The Hall–Kier alpha value is -1.72. The molecule has 0 amide bonds. The molecule has 1 aromatic heterocycles. The number of carboxylic acids is 1. The topological polar surface area (TPSA) is 49.3 Å². The molecule has 1 aromatic carbocycles. The van der Waals surface area contributed by atoms with Crippen molar-refractivity contribution in [2.24, 2.45) is 5.41 Å². The van der Waals surface area contributed by atoms with Gasteiger partial charge in [0.25, 0.3) is 0 Å². The van der Waals surface area contributed by atoms with Crippen LogP contribution in [0.4, 0.5) is 4.39 Å². The summed E-state index contributed by atoms with van der Waals surface area (Å²) in [6.45, 7) is 4.90. The number of rotatable bonds is 4. The van der Waals surface area contributed by atoms with Crippen molar-refractivity contribution in [3.05, 3.63) is 45.6 Å². The third-order valence-corrected chi connectivity index (χ3v) is 5.97. The highest BCUT2D eigenvalue weighted by atomic mass is 32.1. The van der Waals surface area contributed by atoms with Crippen LogP contribution in [0, 0.1) is 11.2 Å². The summed E-state index contributed by atoms with van der Waals surface area (Å²) in [7, 11) is 1.81. The average Bonchev–Trinajstić information content (AvgIpc) is 2.84. The lowest BCUT2D eigenvalue weighted by Crippen LogP contribution is -2.22. The van der Waals surface area contributed by atoms with Gasteiger partial charge in [0, 0.05) is 17.0 Å². The van der Waals surface area contributed by atoms with Gasteiger partial charge in [-0.05, 0) is 48.9 Å². The lowest BCUT2D eigenvalue weighted by molar-refractivity contribution is 0.0696. The molecule has 0 spiro atoms. The SMILES string of the molecule is CNCc1ccc(-c2sc3c(c2C(=O)O)CC(C)(C)CC3)c(F)c1. The van der Waals surface area contributed by atoms with E-state index in [4.69, 9.17) is 0 Å². The van der Waals surface area contributed by atoms with E-state index in [1.54, 1.807) is 6.07 Å². The van der Waals surface area contributed by atoms with Gasteiger partial charge >= 0.3 is 5.97 Å². The average molecular weight is 347 g/mol. The summed E-state index contributed by atoms with van der Waals surface area (Å²) in [4.78, 5) is 13.5. The van der Waals surface area contributed by atoms with E-state index in [2.05, 4.69) is 19.2 Å². The number of nitrogens with one attached hydrogen (secondary N) is 1. The van der Waals surface area contributed by atoms with Crippen molar-refractivity contribution in [1.82, 2.24) is 5.32 Å². The van der Waals surface area contributed by atoms with Crippen LogP contribution in [-0.4, -0.2) is 18.1 Å². The molecule has 0 bridgehead atoms. The van der Waals surface area contributed by atoms with Gasteiger partial charge in [0.2, 0.25) is 0 Å². The molecule has 0 saturated carbocycles. The lowest BCUT2D eigenvalue weighted by Gasteiger charge is -2.29. The highest BCUT2D eigenvalue weighted by Gasteiger charge is 2.33. The summed E-state index contributed by atoms with van der Waals surface area (Å²) in [5, 5.41) is 12.7. The number of carboxylic acid groups (broad SMARTS) is 1. The lowest BCUT2D eigenvalue weighted by atomic mass is 9.76. The highest BCUT2D eigenvalue weighted by molar-refractivity contribution is 7.16. The first kappa shape index (κ1) is 17.1. The van der Waals surface area contributed by atoms with Crippen molar-refractivity contribution in [2.45, 2.75) is 39.7 Å². The summed E-state index contributed by atoms with van der Waals surface area (Å²) in [5.74, 6) is -1.32. The predicted molar refractivity (Wildman–Crippen MR) is 95.2 cm³/mol. The van der Waals surface area contributed by atoms with Crippen molar-refractivity contribution in [3.8, 4) is 10.4 Å². The maximum absolute atomic E-state index is 14.6. The molecular formula is C19H22FNO2S. The van der Waals surface area contributed by atoms with Gasteiger partial charge in [-0.25, -0.2) is 9.18 Å². The summed E-state index contributed by atoms with van der Waals surface area (Å²) in [6.07, 6.45) is 2.63. The first-order valence-corrected chi connectivity index (χ1v) is 8.95. The van der Waals surface area contributed by atoms with Crippen LogP contribution in [0.5, 0.6) is 0 Å². The third-order valence-electron chi connectivity index (χ3n) is 4.65. The van der Waals surface area contributed by atoms with Gasteiger partial charge in [-0.2, -0.15) is 0 Å². The molecule has 2 aromatic rings. The maximum atomic E-state index is 14.6. The smallest absolute Gasteiger partial charge is 0.337 e. The second-order valence-corrected chi connectivity index (χ2v) is 8.30. The van der Waals surface area contributed by atoms with E-state index >= 15 is 0 Å². The molecule has 5 heteroatoms. The quantitative estimate of drug-likeness (QED) is 0.857. The number of hydrogen-bond acceptors (Lipinski definition) is 3. The molecule has 0 atom stereocenters. The predicted octanol–water partition coefficient (Wildman–Crippen LogP) is 4.49. The van der Waals surface area contributed by atoms with Crippen LogP contribution < -0.4 is 5.32 Å². The third kappa shape index (κ3) is 3.10. The monoisotopic (exact) mass is 347 g/mol. The van der Waals surface area contributed by atoms with Crippen molar-refractivity contribution in [3.63, 3.8) is 0 Å². The van der Waals surface area contributed by atoms with Gasteiger partial charge < -0.3 is 10.4 Å². The van der Waals surface area contributed by atoms with Gasteiger partial charge in [0.05, 0.1) is 10.4 Å². The number of benzene rings is 1. The van der Waals surface area contributed by atoms with Crippen LogP contribution in [-0.2, 0) is 19.4 Å². The van der Waals surface area contributed by atoms with Crippen LogP contribution in [0.25, 0.3) is 10.4 Å². The van der Waals surface area contributed by atoms with Crippen molar-refractivity contribution in [2.75, 3.05) is 7.05 Å². The van der Waals surface area contributed by atoms with E-state index in [9.17, 15) is 14.3 Å². The van der Waals surface area contributed by atoms with Crippen molar-refractivity contribution < 1.29 is 14.3 Å². The second kappa shape index (κ2) is 6.30. The zero-order valence-corrected chi connectivity index (χ0v) is 15.0. The minimum Gasteiger partial charge on any atom is -0.478 e. The van der Waals surface area contributed by atoms with E-state index in [0.717, 1.165) is 35.3 Å². The molecule has 1 heterocycles. The van der Waals surface area contributed by atoms with Gasteiger partial charge in [-0.3, -0.25) is 0 Å². The molecule has 0 unspecified atom stereocenters. The number of halogens is 1. The van der Waals surface area contributed by atoms with Crippen LogP contribution >= 0.6 is 11.3 Å².